The standard InChI is InChI=1S/C14H18N4O2/c1-4-8-15-13-12(14(19)20)16-18(17-13)11-7-5-6-9(2)10(11)3/h5-7H,4,8H2,1-3H3,(H,15,17)(H,19,20). The highest BCUT2D eigenvalue weighted by atomic mass is 16.4. The number of aryl methyl sites for hydroxylation is 1. The monoisotopic (exact) mass is 274 g/mol. The molecule has 106 valence electrons. The van der Waals surface area contributed by atoms with Crippen LogP contribution in [0.4, 0.5) is 5.82 Å². The molecule has 0 saturated heterocycles. The van der Waals surface area contributed by atoms with Crippen molar-refractivity contribution >= 4 is 11.8 Å². The molecule has 0 unspecified atom stereocenters. The van der Waals surface area contributed by atoms with Gasteiger partial charge in [-0.25, -0.2) is 4.79 Å². The Balaban J connectivity index is 2.47. The summed E-state index contributed by atoms with van der Waals surface area (Å²) in [7, 11) is 0. The van der Waals surface area contributed by atoms with Crippen molar-refractivity contribution in [2.75, 3.05) is 11.9 Å². The van der Waals surface area contributed by atoms with Gasteiger partial charge >= 0.3 is 5.97 Å². The fraction of sp³-hybridized carbons (Fsp3) is 0.357. The summed E-state index contributed by atoms with van der Waals surface area (Å²) < 4.78 is 0. The lowest BCUT2D eigenvalue weighted by Crippen LogP contribution is -2.06. The van der Waals surface area contributed by atoms with Crippen LogP contribution in [0.2, 0.25) is 0 Å². The second-order valence-corrected chi connectivity index (χ2v) is 4.64. The third-order valence-electron chi connectivity index (χ3n) is 3.15. The number of anilines is 1. The van der Waals surface area contributed by atoms with Crippen molar-refractivity contribution < 1.29 is 9.90 Å². The number of nitrogens with one attached hydrogen (secondary N) is 1. The van der Waals surface area contributed by atoms with Gasteiger partial charge in [-0.1, -0.05) is 19.1 Å². The van der Waals surface area contributed by atoms with Gasteiger partial charge in [-0.15, -0.1) is 15.0 Å². The zero-order chi connectivity index (χ0) is 14.7. The van der Waals surface area contributed by atoms with Crippen LogP contribution in [0, 0.1) is 13.8 Å². The molecule has 2 rings (SSSR count). The van der Waals surface area contributed by atoms with Gasteiger partial charge in [0.05, 0.1) is 5.69 Å². The summed E-state index contributed by atoms with van der Waals surface area (Å²) in [5.41, 5.74) is 2.87. The number of hydrogen-bond donors (Lipinski definition) is 2. The number of rotatable bonds is 5. The van der Waals surface area contributed by atoms with Crippen molar-refractivity contribution in [2.24, 2.45) is 0 Å². The number of aromatic carboxylic acids is 1. The van der Waals surface area contributed by atoms with Crippen molar-refractivity contribution in [1.29, 1.82) is 0 Å². The second-order valence-electron chi connectivity index (χ2n) is 4.64. The van der Waals surface area contributed by atoms with E-state index >= 15 is 0 Å². The van der Waals surface area contributed by atoms with Crippen LogP contribution < -0.4 is 5.32 Å². The number of carbonyl (C=O) groups is 1. The summed E-state index contributed by atoms with van der Waals surface area (Å²) in [5.74, 6) is -0.777. The highest BCUT2D eigenvalue weighted by Gasteiger charge is 2.18. The van der Waals surface area contributed by atoms with Crippen LogP contribution in [0.15, 0.2) is 18.2 Å². The lowest BCUT2D eigenvalue weighted by molar-refractivity contribution is 0.0691. The molecule has 2 N–H and O–H groups in total. The fourth-order valence-corrected chi connectivity index (χ4v) is 1.87. The molecule has 0 spiro atoms. The zero-order valence-corrected chi connectivity index (χ0v) is 11.8. The number of carboxylic acids is 1. The van der Waals surface area contributed by atoms with E-state index in [0.29, 0.717) is 12.4 Å². The molecule has 0 aliphatic carbocycles. The van der Waals surface area contributed by atoms with E-state index in [2.05, 4.69) is 15.5 Å². The van der Waals surface area contributed by atoms with Crippen LogP contribution in [0.1, 0.15) is 35.0 Å². The van der Waals surface area contributed by atoms with Crippen molar-refractivity contribution in [1.82, 2.24) is 15.0 Å². The number of benzene rings is 1. The highest BCUT2D eigenvalue weighted by Crippen LogP contribution is 2.18. The summed E-state index contributed by atoms with van der Waals surface area (Å²) in [6, 6.07) is 5.77. The number of carboxylic acid groups (broad SMARTS) is 1. The molecule has 0 aliphatic heterocycles. The van der Waals surface area contributed by atoms with Gasteiger partial charge in [0, 0.05) is 6.54 Å². The summed E-state index contributed by atoms with van der Waals surface area (Å²) in [6.45, 7) is 6.62. The average Bonchev–Trinajstić information content (AvgIpc) is 2.83. The normalized spacial score (nSPS) is 10.6. The van der Waals surface area contributed by atoms with E-state index in [1.165, 1.54) is 4.80 Å². The summed E-state index contributed by atoms with van der Waals surface area (Å²) in [6.07, 6.45) is 0.884. The molecule has 2 aromatic rings. The molecule has 1 aromatic carbocycles. The van der Waals surface area contributed by atoms with Gasteiger partial charge in [0.15, 0.2) is 5.82 Å². The third-order valence-corrected chi connectivity index (χ3v) is 3.15. The first-order chi connectivity index (χ1) is 9.54. The topological polar surface area (TPSA) is 80.0 Å². The smallest absolute Gasteiger partial charge is 0.360 e. The Morgan fingerprint density at radius 1 is 1.35 bits per heavy atom. The first kappa shape index (κ1) is 14.0. The average molecular weight is 274 g/mol. The van der Waals surface area contributed by atoms with Gasteiger partial charge in [0.25, 0.3) is 0 Å². The predicted octanol–water partition coefficient (Wildman–Crippen LogP) is 2.40. The van der Waals surface area contributed by atoms with E-state index in [9.17, 15) is 9.90 Å². The minimum Gasteiger partial charge on any atom is -0.476 e. The molecular weight excluding hydrogens is 256 g/mol. The van der Waals surface area contributed by atoms with Crippen molar-refractivity contribution in [3.63, 3.8) is 0 Å². The van der Waals surface area contributed by atoms with Gasteiger partial charge < -0.3 is 10.4 Å². The van der Waals surface area contributed by atoms with Crippen molar-refractivity contribution in [2.45, 2.75) is 27.2 Å². The SMILES string of the molecule is CCCNc1nn(-c2cccc(C)c2C)nc1C(=O)O. The van der Waals surface area contributed by atoms with Gasteiger partial charge in [0.1, 0.15) is 0 Å². The Morgan fingerprint density at radius 3 is 2.75 bits per heavy atom. The van der Waals surface area contributed by atoms with Crippen molar-refractivity contribution in [3.05, 3.63) is 35.0 Å². The molecule has 0 radical (unpaired) electrons. The molecule has 0 aliphatic rings. The van der Waals surface area contributed by atoms with Gasteiger partial charge in [-0.05, 0) is 37.5 Å². The molecule has 0 fully saturated rings. The van der Waals surface area contributed by atoms with E-state index in [-0.39, 0.29) is 5.69 Å². The first-order valence-corrected chi connectivity index (χ1v) is 6.55. The second kappa shape index (κ2) is 5.73. The maximum Gasteiger partial charge on any atom is 0.360 e. The molecule has 0 atom stereocenters. The molecule has 1 heterocycles. The van der Waals surface area contributed by atoms with E-state index in [4.69, 9.17) is 0 Å². The Morgan fingerprint density at radius 2 is 2.10 bits per heavy atom. The molecule has 0 amide bonds. The fourth-order valence-electron chi connectivity index (χ4n) is 1.87. The zero-order valence-electron chi connectivity index (χ0n) is 11.8. The molecule has 6 nitrogen and oxygen atoms in total. The Kier molecular flexibility index (Phi) is 4.02. The number of hydrogen-bond acceptors (Lipinski definition) is 4. The third kappa shape index (κ3) is 2.64. The van der Waals surface area contributed by atoms with Crippen LogP contribution in [0.5, 0.6) is 0 Å². The number of nitrogens with zero attached hydrogens (tertiary/aromatic N) is 3. The van der Waals surface area contributed by atoms with Crippen LogP contribution in [0.3, 0.4) is 0 Å². The van der Waals surface area contributed by atoms with Gasteiger partial charge in [-0.3, -0.25) is 0 Å². The van der Waals surface area contributed by atoms with Gasteiger partial charge in [0.2, 0.25) is 5.69 Å². The minimum absolute atomic E-state index is 0.0562. The maximum absolute atomic E-state index is 11.2. The molecule has 6 heteroatoms. The molecule has 0 bridgehead atoms. The van der Waals surface area contributed by atoms with Gasteiger partial charge in [-0.2, -0.15) is 0 Å². The summed E-state index contributed by atoms with van der Waals surface area (Å²) in [5, 5.41) is 20.5. The summed E-state index contributed by atoms with van der Waals surface area (Å²) in [4.78, 5) is 12.6. The van der Waals surface area contributed by atoms with E-state index < -0.39 is 5.97 Å². The van der Waals surface area contributed by atoms with Crippen LogP contribution in [-0.4, -0.2) is 32.6 Å². The lowest BCUT2D eigenvalue weighted by atomic mass is 10.1. The molecule has 1 aromatic heterocycles. The van der Waals surface area contributed by atoms with Crippen LogP contribution in [0.25, 0.3) is 5.69 Å². The van der Waals surface area contributed by atoms with E-state index in [1.54, 1.807) is 0 Å². The molecule has 0 saturated carbocycles. The Labute approximate surface area is 117 Å². The minimum atomic E-state index is -1.08. The van der Waals surface area contributed by atoms with Crippen LogP contribution in [-0.2, 0) is 0 Å². The predicted molar refractivity (Wildman–Crippen MR) is 76.6 cm³/mol. The molecule has 20 heavy (non-hydrogen) atoms. The van der Waals surface area contributed by atoms with E-state index in [1.807, 2.05) is 39.0 Å². The quantitative estimate of drug-likeness (QED) is 0.875. The largest absolute Gasteiger partial charge is 0.476 e. The summed E-state index contributed by atoms with van der Waals surface area (Å²) >= 11 is 0. The maximum atomic E-state index is 11.2. The van der Waals surface area contributed by atoms with Crippen molar-refractivity contribution in [3.8, 4) is 5.69 Å². The van der Waals surface area contributed by atoms with E-state index in [0.717, 1.165) is 23.2 Å². The Hall–Kier alpha value is -2.37. The first-order valence-electron chi connectivity index (χ1n) is 6.55. The van der Waals surface area contributed by atoms with Crippen LogP contribution >= 0.6 is 0 Å². The number of aromatic nitrogens is 3. The highest BCUT2D eigenvalue weighted by molar-refractivity contribution is 5.90. The Bertz CT molecular complexity index is 634. The molecular formula is C14H18N4O2. The lowest BCUT2D eigenvalue weighted by Gasteiger charge is -2.06.